The summed E-state index contributed by atoms with van der Waals surface area (Å²) in [5.74, 6) is 1.24. The summed E-state index contributed by atoms with van der Waals surface area (Å²) in [6, 6.07) is 8.06. The van der Waals surface area contributed by atoms with Gasteiger partial charge in [-0.2, -0.15) is 0 Å². The Balaban J connectivity index is 1.49. The second-order valence-electron chi connectivity index (χ2n) is 4.99. The molecule has 0 spiro atoms. The molecule has 0 aromatic heterocycles. The Labute approximate surface area is 107 Å². The number of nitrogens with one attached hydrogen (secondary N) is 2. The molecule has 2 unspecified atom stereocenters. The molecule has 2 aliphatic rings. The highest BCUT2D eigenvalue weighted by atomic mass is 16.5. The van der Waals surface area contributed by atoms with Crippen LogP contribution < -0.4 is 15.4 Å². The fourth-order valence-electron chi connectivity index (χ4n) is 2.60. The van der Waals surface area contributed by atoms with Crippen LogP contribution in [-0.4, -0.2) is 31.6 Å². The molecule has 3 rings (SSSR count). The maximum absolute atomic E-state index is 11.9. The van der Waals surface area contributed by atoms with Gasteiger partial charge in [0.15, 0.2) is 0 Å². The number of carbonyl (C=O) groups excluding carboxylic acids is 1. The Bertz CT molecular complexity index is 416. The van der Waals surface area contributed by atoms with Crippen molar-refractivity contribution in [3.63, 3.8) is 0 Å². The van der Waals surface area contributed by atoms with Gasteiger partial charge in [0.05, 0.1) is 12.5 Å². The van der Waals surface area contributed by atoms with E-state index in [9.17, 15) is 4.79 Å². The molecular weight excluding hydrogens is 228 g/mol. The molecule has 0 bridgehead atoms. The highest BCUT2D eigenvalue weighted by molar-refractivity contribution is 5.79. The molecule has 1 fully saturated rings. The van der Waals surface area contributed by atoms with Crippen molar-refractivity contribution >= 4 is 5.91 Å². The minimum absolute atomic E-state index is 0.0840. The van der Waals surface area contributed by atoms with Gasteiger partial charge in [0.1, 0.15) is 11.9 Å². The van der Waals surface area contributed by atoms with Gasteiger partial charge in [0, 0.05) is 13.0 Å². The van der Waals surface area contributed by atoms with E-state index in [1.807, 2.05) is 18.2 Å². The molecule has 2 N–H and O–H groups in total. The number of carbonyl (C=O) groups is 1. The first kappa shape index (κ1) is 11.5. The summed E-state index contributed by atoms with van der Waals surface area (Å²) in [6.45, 7) is 2.35. The second kappa shape index (κ2) is 4.98. The minimum Gasteiger partial charge on any atom is -0.488 e. The molecule has 0 radical (unpaired) electrons. The molecule has 1 aromatic carbocycles. The first-order valence-corrected chi connectivity index (χ1v) is 6.56. The zero-order valence-corrected chi connectivity index (χ0v) is 10.3. The third-order valence-corrected chi connectivity index (χ3v) is 3.65. The molecule has 2 heterocycles. The largest absolute Gasteiger partial charge is 0.488 e. The van der Waals surface area contributed by atoms with Crippen LogP contribution in [0.1, 0.15) is 12.0 Å². The Morgan fingerprint density at radius 2 is 2.33 bits per heavy atom. The SMILES string of the molecule is O=C(NCC1Cc2ccccc2O1)C1CCNC1. The van der Waals surface area contributed by atoms with Crippen molar-refractivity contribution in [2.75, 3.05) is 19.6 Å². The highest BCUT2D eigenvalue weighted by Gasteiger charge is 2.26. The number of para-hydroxylation sites is 1. The molecule has 1 aromatic rings. The Hall–Kier alpha value is -1.55. The number of rotatable bonds is 3. The monoisotopic (exact) mass is 246 g/mol. The van der Waals surface area contributed by atoms with Gasteiger partial charge >= 0.3 is 0 Å². The number of ether oxygens (including phenoxy) is 1. The maximum atomic E-state index is 11.9. The third kappa shape index (κ3) is 2.34. The summed E-state index contributed by atoms with van der Waals surface area (Å²) in [7, 11) is 0. The Kier molecular flexibility index (Phi) is 3.19. The van der Waals surface area contributed by atoms with Gasteiger partial charge in [-0.1, -0.05) is 18.2 Å². The quantitative estimate of drug-likeness (QED) is 0.826. The van der Waals surface area contributed by atoms with Crippen LogP contribution in [0.3, 0.4) is 0 Å². The van der Waals surface area contributed by atoms with E-state index in [0.29, 0.717) is 6.54 Å². The van der Waals surface area contributed by atoms with Gasteiger partial charge in [0.2, 0.25) is 5.91 Å². The third-order valence-electron chi connectivity index (χ3n) is 3.65. The predicted octanol–water partition coefficient (Wildman–Crippen LogP) is 0.716. The molecule has 0 aliphatic carbocycles. The summed E-state index contributed by atoms with van der Waals surface area (Å²) < 4.78 is 5.79. The molecule has 1 amide bonds. The standard InChI is InChI=1S/C14H18N2O2/c17-14(11-5-6-15-8-11)16-9-12-7-10-3-1-2-4-13(10)18-12/h1-4,11-12,15H,5-9H2,(H,16,17). The van der Waals surface area contributed by atoms with Crippen LogP contribution in [-0.2, 0) is 11.2 Å². The molecule has 4 nitrogen and oxygen atoms in total. The van der Waals surface area contributed by atoms with E-state index in [1.54, 1.807) is 0 Å². The van der Waals surface area contributed by atoms with E-state index >= 15 is 0 Å². The molecule has 18 heavy (non-hydrogen) atoms. The molecule has 2 atom stereocenters. The lowest BCUT2D eigenvalue weighted by Crippen LogP contribution is -2.38. The highest BCUT2D eigenvalue weighted by Crippen LogP contribution is 2.27. The fraction of sp³-hybridized carbons (Fsp3) is 0.500. The van der Waals surface area contributed by atoms with Crippen LogP contribution >= 0.6 is 0 Å². The number of benzene rings is 1. The average molecular weight is 246 g/mol. The molecule has 2 aliphatic heterocycles. The van der Waals surface area contributed by atoms with E-state index in [4.69, 9.17) is 4.74 Å². The zero-order valence-electron chi connectivity index (χ0n) is 10.3. The van der Waals surface area contributed by atoms with Crippen molar-refractivity contribution in [2.45, 2.75) is 18.9 Å². The van der Waals surface area contributed by atoms with Gasteiger partial charge in [-0.25, -0.2) is 0 Å². The number of amides is 1. The Morgan fingerprint density at radius 3 is 3.11 bits per heavy atom. The van der Waals surface area contributed by atoms with Crippen LogP contribution in [0.4, 0.5) is 0 Å². The van der Waals surface area contributed by atoms with Crippen LogP contribution in [0, 0.1) is 5.92 Å². The summed E-state index contributed by atoms with van der Waals surface area (Å²) in [4.78, 5) is 11.9. The van der Waals surface area contributed by atoms with Gasteiger partial charge < -0.3 is 15.4 Å². The van der Waals surface area contributed by atoms with E-state index in [-0.39, 0.29) is 17.9 Å². The molecule has 4 heteroatoms. The maximum Gasteiger partial charge on any atom is 0.224 e. The number of fused-ring (bicyclic) bond motifs is 1. The lowest BCUT2D eigenvalue weighted by molar-refractivity contribution is -0.124. The van der Waals surface area contributed by atoms with Crippen molar-refractivity contribution in [2.24, 2.45) is 5.92 Å². The first-order valence-electron chi connectivity index (χ1n) is 6.56. The van der Waals surface area contributed by atoms with Crippen molar-refractivity contribution in [1.82, 2.24) is 10.6 Å². The van der Waals surface area contributed by atoms with Crippen molar-refractivity contribution in [1.29, 1.82) is 0 Å². The van der Waals surface area contributed by atoms with Crippen LogP contribution in [0.15, 0.2) is 24.3 Å². The van der Waals surface area contributed by atoms with Gasteiger partial charge in [-0.15, -0.1) is 0 Å². The van der Waals surface area contributed by atoms with E-state index < -0.39 is 0 Å². The zero-order chi connectivity index (χ0) is 12.4. The van der Waals surface area contributed by atoms with Crippen LogP contribution in [0.2, 0.25) is 0 Å². The van der Waals surface area contributed by atoms with Gasteiger partial charge in [0.25, 0.3) is 0 Å². The first-order chi connectivity index (χ1) is 8.83. The van der Waals surface area contributed by atoms with E-state index in [0.717, 1.165) is 31.7 Å². The average Bonchev–Trinajstić information content (AvgIpc) is 3.04. The minimum atomic E-state index is 0.0840. The molecule has 0 saturated carbocycles. The Morgan fingerprint density at radius 1 is 1.44 bits per heavy atom. The van der Waals surface area contributed by atoms with Gasteiger partial charge in [-0.05, 0) is 24.6 Å². The number of hydrogen-bond donors (Lipinski definition) is 2. The van der Waals surface area contributed by atoms with E-state index in [1.165, 1.54) is 5.56 Å². The topological polar surface area (TPSA) is 50.4 Å². The fourth-order valence-corrected chi connectivity index (χ4v) is 2.60. The lowest BCUT2D eigenvalue weighted by atomic mass is 10.1. The second-order valence-corrected chi connectivity index (χ2v) is 4.99. The summed E-state index contributed by atoms with van der Waals surface area (Å²) >= 11 is 0. The molecule has 1 saturated heterocycles. The molecular formula is C14H18N2O2. The normalized spacial score (nSPS) is 25.6. The van der Waals surface area contributed by atoms with Crippen LogP contribution in [0.5, 0.6) is 5.75 Å². The lowest BCUT2D eigenvalue weighted by Gasteiger charge is -2.14. The van der Waals surface area contributed by atoms with Crippen LogP contribution in [0.25, 0.3) is 0 Å². The molecule has 96 valence electrons. The van der Waals surface area contributed by atoms with Crippen molar-refractivity contribution in [3.05, 3.63) is 29.8 Å². The van der Waals surface area contributed by atoms with E-state index in [2.05, 4.69) is 16.7 Å². The van der Waals surface area contributed by atoms with Crippen molar-refractivity contribution in [3.8, 4) is 5.75 Å². The van der Waals surface area contributed by atoms with Gasteiger partial charge in [-0.3, -0.25) is 4.79 Å². The van der Waals surface area contributed by atoms with Crippen molar-refractivity contribution < 1.29 is 9.53 Å². The number of hydrogen-bond acceptors (Lipinski definition) is 3. The summed E-state index contributed by atoms with van der Waals surface area (Å²) in [5.41, 5.74) is 1.24. The smallest absolute Gasteiger partial charge is 0.224 e. The predicted molar refractivity (Wildman–Crippen MR) is 68.5 cm³/mol. The summed E-state index contributed by atoms with van der Waals surface area (Å²) in [5, 5.41) is 6.20. The summed E-state index contributed by atoms with van der Waals surface area (Å²) in [6.07, 6.45) is 1.91.